The molecule has 1 aromatic heterocycles. The fourth-order valence-electron chi connectivity index (χ4n) is 2.78. The highest BCUT2D eigenvalue weighted by molar-refractivity contribution is 6.36. The maximum absolute atomic E-state index is 13.6. The minimum absolute atomic E-state index is 0.0640. The van der Waals surface area contributed by atoms with Crippen LogP contribution in [0.2, 0.25) is 10.0 Å². The molecule has 1 fully saturated rings. The summed E-state index contributed by atoms with van der Waals surface area (Å²) in [6.07, 6.45) is 4.05. The third-order valence-electron chi connectivity index (χ3n) is 4.19. The largest absolute Gasteiger partial charge is 0.339 e. The van der Waals surface area contributed by atoms with E-state index in [9.17, 15) is 14.0 Å². The Labute approximate surface area is 159 Å². The highest BCUT2D eigenvalue weighted by atomic mass is 35.5. The van der Waals surface area contributed by atoms with Crippen LogP contribution in [0.4, 0.5) is 10.3 Å². The van der Waals surface area contributed by atoms with Gasteiger partial charge >= 0.3 is 0 Å². The number of carbonyl (C=O) groups is 2. The minimum Gasteiger partial charge on any atom is -0.339 e. The molecule has 1 aromatic carbocycles. The van der Waals surface area contributed by atoms with E-state index in [-0.39, 0.29) is 39.3 Å². The smallest absolute Gasteiger partial charge is 0.255 e. The van der Waals surface area contributed by atoms with Crippen molar-refractivity contribution in [1.29, 1.82) is 0 Å². The molecule has 2 aromatic rings. The van der Waals surface area contributed by atoms with Crippen LogP contribution < -0.4 is 5.32 Å². The topological polar surface area (TPSA) is 75.2 Å². The predicted octanol–water partition coefficient (Wildman–Crippen LogP) is 3.41. The van der Waals surface area contributed by atoms with Gasteiger partial charge in [-0.3, -0.25) is 14.9 Å². The van der Waals surface area contributed by atoms with Gasteiger partial charge in [-0.1, -0.05) is 23.2 Å². The fourth-order valence-corrected chi connectivity index (χ4v) is 3.24. The number of anilines is 1. The first-order valence-corrected chi connectivity index (χ1v) is 8.73. The summed E-state index contributed by atoms with van der Waals surface area (Å²) in [4.78, 5) is 34.3. The summed E-state index contributed by atoms with van der Waals surface area (Å²) < 4.78 is 13.6. The number of nitrogens with one attached hydrogen (secondary N) is 1. The zero-order valence-corrected chi connectivity index (χ0v) is 15.1. The number of nitrogens with zero attached hydrogens (tertiary/aromatic N) is 3. The zero-order chi connectivity index (χ0) is 18.7. The quantitative estimate of drug-likeness (QED) is 0.806. The third kappa shape index (κ3) is 4.11. The SMILES string of the molecule is O=C(Nc1ncccn1)C1CCN(C(=O)c2cc(F)c(Cl)cc2Cl)CC1. The van der Waals surface area contributed by atoms with Crippen molar-refractivity contribution >= 4 is 41.0 Å². The van der Waals surface area contributed by atoms with Crippen molar-refractivity contribution in [3.05, 3.63) is 52.0 Å². The van der Waals surface area contributed by atoms with Crippen LogP contribution in [0.25, 0.3) is 0 Å². The van der Waals surface area contributed by atoms with Crippen molar-refractivity contribution in [2.45, 2.75) is 12.8 Å². The second kappa shape index (κ2) is 7.97. The normalized spacial score (nSPS) is 15.0. The Bertz CT molecular complexity index is 827. The number of carbonyl (C=O) groups excluding carboxylic acids is 2. The van der Waals surface area contributed by atoms with Crippen LogP contribution in [0.5, 0.6) is 0 Å². The molecule has 0 unspecified atom stereocenters. The molecule has 9 heteroatoms. The summed E-state index contributed by atoms with van der Waals surface area (Å²) in [7, 11) is 0. The van der Waals surface area contributed by atoms with Crippen LogP contribution in [0.15, 0.2) is 30.6 Å². The molecule has 0 radical (unpaired) electrons. The van der Waals surface area contributed by atoms with Crippen LogP contribution >= 0.6 is 23.2 Å². The number of benzene rings is 1. The first-order valence-electron chi connectivity index (χ1n) is 7.97. The van der Waals surface area contributed by atoms with Crippen LogP contribution in [-0.2, 0) is 4.79 Å². The summed E-state index contributed by atoms with van der Waals surface area (Å²) in [6, 6.07) is 3.91. The lowest BCUT2D eigenvalue weighted by molar-refractivity contribution is -0.121. The summed E-state index contributed by atoms with van der Waals surface area (Å²) in [5.41, 5.74) is 0.0640. The summed E-state index contributed by atoms with van der Waals surface area (Å²) in [6.45, 7) is 0.736. The van der Waals surface area contributed by atoms with Gasteiger partial charge in [-0.05, 0) is 31.0 Å². The summed E-state index contributed by atoms with van der Waals surface area (Å²) >= 11 is 11.7. The summed E-state index contributed by atoms with van der Waals surface area (Å²) in [5, 5.41) is 2.63. The molecule has 3 rings (SSSR count). The van der Waals surface area contributed by atoms with E-state index in [1.807, 2.05) is 0 Å². The lowest BCUT2D eigenvalue weighted by atomic mass is 9.95. The van der Waals surface area contributed by atoms with Gasteiger partial charge in [-0.25, -0.2) is 14.4 Å². The van der Waals surface area contributed by atoms with Gasteiger partial charge in [-0.2, -0.15) is 0 Å². The molecule has 1 N–H and O–H groups in total. The fraction of sp³-hybridized carbons (Fsp3) is 0.294. The molecular weight excluding hydrogens is 382 g/mol. The first-order chi connectivity index (χ1) is 12.5. The lowest BCUT2D eigenvalue weighted by Gasteiger charge is -2.31. The summed E-state index contributed by atoms with van der Waals surface area (Å²) in [5.74, 6) is -1.26. The number of halogens is 3. The molecule has 136 valence electrons. The van der Waals surface area contributed by atoms with Crippen LogP contribution in [-0.4, -0.2) is 39.8 Å². The van der Waals surface area contributed by atoms with Gasteiger partial charge in [0.15, 0.2) is 0 Å². The maximum atomic E-state index is 13.6. The highest BCUT2D eigenvalue weighted by Crippen LogP contribution is 2.27. The minimum atomic E-state index is -0.698. The molecule has 2 amide bonds. The van der Waals surface area contributed by atoms with Crippen molar-refractivity contribution in [3.63, 3.8) is 0 Å². The molecule has 0 bridgehead atoms. The number of aromatic nitrogens is 2. The van der Waals surface area contributed by atoms with Gasteiger partial charge in [-0.15, -0.1) is 0 Å². The van der Waals surface area contributed by atoms with E-state index < -0.39 is 5.82 Å². The van der Waals surface area contributed by atoms with Gasteiger partial charge in [0.2, 0.25) is 11.9 Å². The first kappa shape index (κ1) is 18.5. The molecule has 6 nitrogen and oxygen atoms in total. The Hall–Kier alpha value is -2.25. The number of amides is 2. The van der Waals surface area contributed by atoms with E-state index in [4.69, 9.17) is 23.2 Å². The molecule has 0 atom stereocenters. The van der Waals surface area contributed by atoms with Crippen LogP contribution in [0.3, 0.4) is 0 Å². The highest BCUT2D eigenvalue weighted by Gasteiger charge is 2.29. The van der Waals surface area contributed by atoms with E-state index in [1.54, 1.807) is 23.4 Å². The molecule has 1 aliphatic rings. The van der Waals surface area contributed by atoms with Gasteiger partial charge in [0, 0.05) is 31.4 Å². The average Bonchev–Trinajstić information content (AvgIpc) is 2.65. The molecular formula is C17H15Cl2FN4O2. The number of hydrogen-bond donors (Lipinski definition) is 1. The van der Waals surface area contributed by atoms with E-state index >= 15 is 0 Å². The van der Waals surface area contributed by atoms with Crippen molar-refractivity contribution in [1.82, 2.24) is 14.9 Å². The van der Waals surface area contributed by atoms with Crippen molar-refractivity contribution < 1.29 is 14.0 Å². The molecule has 0 saturated carbocycles. The molecule has 2 heterocycles. The Morgan fingerprint density at radius 2 is 1.77 bits per heavy atom. The Balaban J connectivity index is 1.60. The van der Waals surface area contributed by atoms with E-state index in [0.29, 0.717) is 25.9 Å². The average molecular weight is 397 g/mol. The molecule has 1 aliphatic heterocycles. The standard InChI is InChI=1S/C17H15Cl2FN4O2/c18-12-9-13(19)14(20)8-11(12)16(26)24-6-2-10(3-7-24)15(25)23-17-21-4-1-5-22-17/h1,4-5,8-10H,2-3,6-7H2,(H,21,22,23,25). The van der Waals surface area contributed by atoms with Gasteiger partial charge in [0.25, 0.3) is 5.91 Å². The zero-order valence-electron chi connectivity index (χ0n) is 13.6. The predicted molar refractivity (Wildman–Crippen MR) is 95.7 cm³/mol. The number of rotatable bonds is 3. The molecule has 0 aliphatic carbocycles. The molecule has 0 spiro atoms. The lowest BCUT2D eigenvalue weighted by Crippen LogP contribution is -2.41. The Kier molecular flexibility index (Phi) is 5.68. The van der Waals surface area contributed by atoms with Gasteiger partial charge in [0.1, 0.15) is 5.82 Å². The third-order valence-corrected chi connectivity index (χ3v) is 4.80. The van der Waals surface area contributed by atoms with E-state index in [2.05, 4.69) is 15.3 Å². The molecule has 26 heavy (non-hydrogen) atoms. The van der Waals surface area contributed by atoms with Crippen molar-refractivity contribution in [3.8, 4) is 0 Å². The number of likely N-dealkylation sites (tertiary alicyclic amines) is 1. The Morgan fingerprint density at radius 3 is 2.42 bits per heavy atom. The second-order valence-electron chi connectivity index (χ2n) is 5.87. The van der Waals surface area contributed by atoms with Gasteiger partial charge < -0.3 is 4.90 Å². The van der Waals surface area contributed by atoms with Gasteiger partial charge in [0.05, 0.1) is 15.6 Å². The maximum Gasteiger partial charge on any atom is 0.255 e. The van der Waals surface area contributed by atoms with E-state index in [0.717, 1.165) is 6.07 Å². The number of hydrogen-bond acceptors (Lipinski definition) is 4. The second-order valence-corrected chi connectivity index (χ2v) is 6.69. The van der Waals surface area contributed by atoms with Crippen molar-refractivity contribution in [2.75, 3.05) is 18.4 Å². The Morgan fingerprint density at radius 1 is 1.12 bits per heavy atom. The van der Waals surface area contributed by atoms with E-state index in [1.165, 1.54) is 6.07 Å². The monoisotopic (exact) mass is 396 g/mol. The van der Waals surface area contributed by atoms with Crippen LogP contribution in [0, 0.1) is 11.7 Å². The molecule has 1 saturated heterocycles. The van der Waals surface area contributed by atoms with Crippen LogP contribution in [0.1, 0.15) is 23.2 Å². The number of piperidine rings is 1. The van der Waals surface area contributed by atoms with Crippen molar-refractivity contribution in [2.24, 2.45) is 5.92 Å².